The Bertz CT molecular complexity index is 590. The maximum Gasteiger partial charge on any atom is 0.416 e. The van der Waals surface area contributed by atoms with Crippen LogP contribution in [0, 0.1) is 0 Å². The van der Waals surface area contributed by atoms with Crippen molar-refractivity contribution in [2.75, 3.05) is 12.3 Å². The van der Waals surface area contributed by atoms with Crippen molar-refractivity contribution in [2.45, 2.75) is 17.9 Å². The molecule has 0 fully saturated rings. The minimum atomic E-state index is -4.32. The Hall–Kier alpha value is -1.32. The molecular weight excluding hydrogens is 339 g/mol. The molecule has 0 amide bonds. The molecule has 122 valence electrons. The van der Waals surface area contributed by atoms with Gasteiger partial charge in [0.2, 0.25) is 5.16 Å². The van der Waals surface area contributed by atoms with Crippen LogP contribution in [0.1, 0.15) is 11.1 Å². The second-order valence-corrected chi connectivity index (χ2v) is 5.33. The van der Waals surface area contributed by atoms with Crippen LogP contribution in [0.25, 0.3) is 0 Å². The molecule has 0 atom stereocenters. The van der Waals surface area contributed by atoms with Crippen molar-refractivity contribution in [1.29, 1.82) is 0 Å². The maximum absolute atomic E-state index is 12.8. The number of alkyl halides is 3. The number of halogens is 4. The number of benzene rings is 1. The molecule has 1 N–H and O–H groups in total. The highest BCUT2D eigenvalue weighted by molar-refractivity contribution is 7.99. The minimum Gasteiger partial charge on any atom is -0.312 e. The monoisotopic (exact) mass is 353 g/mol. The largest absolute Gasteiger partial charge is 0.416 e. The van der Waals surface area contributed by atoms with E-state index in [2.05, 4.69) is 20.8 Å². The van der Waals surface area contributed by atoms with Gasteiger partial charge in [-0.15, -0.1) is 17.5 Å². The number of rotatable bonds is 6. The molecule has 0 aliphatic heterocycles. The number of hydrogen-bond donors (Lipinski definition) is 1. The van der Waals surface area contributed by atoms with Crippen molar-refractivity contribution in [3.05, 3.63) is 35.4 Å². The smallest absolute Gasteiger partial charge is 0.312 e. The molecule has 2 aromatic rings. The van der Waals surface area contributed by atoms with Crippen molar-refractivity contribution in [2.24, 2.45) is 7.05 Å². The van der Waals surface area contributed by atoms with Crippen molar-refractivity contribution < 1.29 is 13.2 Å². The quantitative estimate of drug-likeness (QED) is 0.639. The zero-order chi connectivity index (χ0) is 15.3. The number of tetrazole rings is 1. The SMILES string of the molecule is Cl.Cn1nnnc1SCCNCc1ccccc1C(F)(F)F. The van der Waals surface area contributed by atoms with E-state index in [9.17, 15) is 13.2 Å². The van der Waals surface area contributed by atoms with Crippen molar-refractivity contribution in [1.82, 2.24) is 25.5 Å². The molecule has 1 aromatic heterocycles. The van der Waals surface area contributed by atoms with E-state index in [1.165, 1.54) is 23.9 Å². The van der Waals surface area contributed by atoms with Gasteiger partial charge in [0.05, 0.1) is 5.56 Å². The Balaban J connectivity index is 0.00000242. The molecule has 2 rings (SSSR count). The van der Waals surface area contributed by atoms with E-state index in [1.807, 2.05) is 0 Å². The average Bonchev–Trinajstić information content (AvgIpc) is 2.83. The zero-order valence-corrected chi connectivity index (χ0v) is 13.3. The van der Waals surface area contributed by atoms with Crippen molar-refractivity contribution in [3.63, 3.8) is 0 Å². The Kier molecular flexibility index (Phi) is 7.11. The van der Waals surface area contributed by atoms with E-state index in [-0.39, 0.29) is 24.5 Å². The second kappa shape index (κ2) is 8.35. The lowest BCUT2D eigenvalue weighted by Crippen LogP contribution is -2.19. The van der Waals surface area contributed by atoms with E-state index >= 15 is 0 Å². The first kappa shape index (κ1) is 18.7. The number of aromatic nitrogens is 4. The van der Waals surface area contributed by atoms with Crippen LogP contribution in [0.15, 0.2) is 29.4 Å². The first-order valence-electron chi connectivity index (χ1n) is 6.19. The van der Waals surface area contributed by atoms with Crippen LogP contribution in [0.4, 0.5) is 13.2 Å². The zero-order valence-electron chi connectivity index (χ0n) is 11.7. The number of nitrogens with zero attached hydrogens (tertiary/aromatic N) is 4. The highest BCUT2D eigenvalue weighted by atomic mass is 35.5. The van der Waals surface area contributed by atoms with Crippen LogP contribution in [0.2, 0.25) is 0 Å². The molecule has 0 aliphatic rings. The third-order valence-corrected chi connectivity index (χ3v) is 3.74. The van der Waals surface area contributed by atoms with Gasteiger partial charge in [-0.1, -0.05) is 30.0 Å². The fraction of sp³-hybridized carbons (Fsp3) is 0.417. The van der Waals surface area contributed by atoms with Gasteiger partial charge in [0.1, 0.15) is 0 Å². The van der Waals surface area contributed by atoms with Gasteiger partial charge in [0.25, 0.3) is 0 Å². The first-order valence-corrected chi connectivity index (χ1v) is 7.18. The predicted octanol–water partition coefficient (Wildman–Crippen LogP) is 2.53. The molecule has 1 heterocycles. The van der Waals surface area contributed by atoms with E-state index in [1.54, 1.807) is 17.8 Å². The minimum absolute atomic E-state index is 0. The third kappa shape index (κ3) is 5.15. The van der Waals surface area contributed by atoms with Gasteiger partial charge in [-0.3, -0.25) is 0 Å². The maximum atomic E-state index is 12.8. The summed E-state index contributed by atoms with van der Waals surface area (Å²) in [5.41, 5.74) is -0.349. The van der Waals surface area contributed by atoms with Crippen LogP contribution in [0.3, 0.4) is 0 Å². The second-order valence-electron chi connectivity index (χ2n) is 4.27. The summed E-state index contributed by atoms with van der Waals surface area (Å²) in [4.78, 5) is 0. The lowest BCUT2D eigenvalue weighted by Gasteiger charge is -2.13. The molecule has 0 spiro atoms. The van der Waals surface area contributed by atoms with Crippen LogP contribution in [0.5, 0.6) is 0 Å². The van der Waals surface area contributed by atoms with Gasteiger partial charge < -0.3 is 5.32 Å². The van der Waals surface area contributed by atoms with Gasteiger partial charge in [0.15, 0.2) is 0 Å². The van der Waals surface area contributed by atoms with Crippen LogP contribution >= 0.6 is 24.2 Å². The molecule has 1 aromatic carbocycles. The lowest BCUT2D eigenvalue weighted by molar-refractivity contribution is -0.138. The van der Waals surface area contributed by atoms with Gasteiger partial charge in [-0.25, -0.2) is 4.68 Å². The molecule has 0 saturated carbocycles. The summed E-state index contributed by atoms with van der Waals surface area (Å²) in [7, 11) is 1.73. The topological polar surface area (TPSA) is 55.6 Å². The number of thioether (sulfide) groups is 1. The number of aryl methyl sites for hydroxylation is 1. The molecule has 0 radical (unpaired) electrons. The average molecular weight is 354 g/mol. The highest BCUT2D eigenvalue weighted by Crippen LogP contribution is 2.31. The molecule has 0 aliphatic carbocycles. The third-order valence-electron chi connectivity index (χ3n) is 2.73. The van der Waals surface area contributed by atoms with Crippen LogP contribution < -0.4 is 5.32 Å². The summed E-state index contributed by atoms with van der Waals surface area (Å²) in [5, 5.41) is 14.7. The van der Waals surface area contributed by atoms with Crippen molar-refractivity contribution >= 4 is 24.2 Å². The van der Waals surface area contributed by atoms with E-state index in [0.29, 0.717) is 17.5 Å². The standard InChI is InChI=1S/C12H14F3N5S.ClH/c1-20-11(17-18-19-20)21-7-6-16-8-9-4-2-3-5-10(9)12(13,14)15;/h2-5,16H,6-8H2,1H3;1H. The van der Waals surface area contributed by atoms with Gasteiger partial charge in [-0.05, 0) is 22.1 Å². The van der Waals surface area contributed by atoms with E-state index in [4.69, 9.17) is 0 Å². The molecule has 0 saturated heterocycles. The van der Waals surface area contributed by atoms with Gasteiger partial charge >= 0.3 is 6.18 Å². The highest BCUT2D eigenvalue weighted by Gasteiger charge is 2.32. The first-order chi connectivity index (χ1) is 9.98. The van der Waals surface area contributed by atoms with Gasteiger partial charge in [-0.2, -0.15) is 13.2 Å². The summed E-state index contributed by atoms with van der Waals surface area (Å²) < 4.78 is 39.9. The Morgan fingerprint density at radius 2 is 2.00 bits per heavy atom. The van der Waals surface area contributed by atoms with Crippen LogP contribution in [-0.2, 0) is 19.8 Å². The number of hydrogen-bond acceptors (Lipinski definition) is 5. The molecule has 0 unspecified atom stereocenters. The molecule has 5 nitrogen and oxygen atoms in total. The molecular formula is C12H15ClF3N5S. The lowest BCUT2D eigenvalue weighted by atomic mass is 10.1. The number of nitrogens with one attached hydrogen (secondary N) is 1. The normalized spacial score (nSPS) is 11.3. The molecule has 10 heteroatoms. The summed E-state index contributed by atoms with van der Waals surface area (Å²) in [5.74, 6) is 0.669. The summed E-state index contributed by atoms with van der Waals surface area (Å²) in [6.07, 6.45) is -4.32. The summed E-state index contributed by atoms with van der Waals surface area (Å²) >= 11 is 1.44. The fourth-order valence-electron chi connectivity index (χ4n) is 1.73. The van der Waals surface area contributed by atoms with Gasteiger partial charge in [0, 0.05) is 25.9 Å². The molecule has 0 bridgehead atoms. The fourth-order valence-corrected chi connectivity index (χ4v) is 2.48. The van der Waals surface area contributed by atoms with Crippen LogP contribution in [-0.4, -0.2) is 32.5 Å². The Morgan fingerprint density at radius 1 is 1.27 bits per heavy atom. The van der Waals surface area contributed by atoms with E-state index in [0.717, 1.165) is 6.07 Å². The summed E-state index contributed by atoms with van der Waals surface area (Å²) in [6, 6.07) is 5.57. The summed E-state index contributed by atoms with van der Waals surface area (Å²) in [6.45, 7) is 0.733. The Labute approximate surface area is 136 Å². The molecule has 22 heavy (non-hydrogen) atoms. The van der Waals surface area contributed by atoms with Crippen molar-refractivity contribution in [3.8, 4) is 0 Å². The predicted molar refractivity (Wildman–Crippen MR) is 79.9 cm³/mol. The Morgan fingerprint density at radius 3 is 2.64 bits per heavy atom. The van der Waals surface area contributed by atoms with E-state index < -0.39 is 11.7 Å².